The molecule has 1 heterocycles. The van der Waals surface area contributed by atoms with Gasteiger partial charge in [-0.15, -0.1) is 0 Å². The van der Waals surface area contributed by atoms with Gasteiger partial charge in [0.1, 0.15) is 17.2 Å². The third-order valence-electron chi connectivity index (χ3n) is 4.09. The van der Waals surface area contributed by atoms with Gasteiger partial charge in [0.15, 0.2) is 0 Å². The number of rotatable bonds is 6. The predicted octanol–water partition coefficient (Wildman–Crippen LogP) is 4.22. The molecule has 30 heavy (non-hydrogen) atoms. The summed E-state index contributed by atoms with van der Waals surface area (Å²) in [6.07, 6.45) is 0. The van der Waals surface area contributed by atoms with Gasteiger partial charge in [-0.05, 0) is 36.4 Å². The van der Waals surface area contributed by atoms with Crippen molar-refractivity contribution in [2.45, 2.75) is 0 Å². The molecule has 0 aliphatic rings. The summed E-state index contributed by atoms with van der Waals surface area (Å²) in [6, 6.07) is 20.0. The lowest BCUT2D eigenvalue weighted by Crippen LogP contribution is -2.07. The number of aromatic nitrogens is 3. The molecule has 0 atom stereocenters. The van der Waals surface area contributed by atoms with Crippen molar-refractivity contribution in [2.75, 3.05) is 16.0 Å². The van der Waals surface area contributed by atoms with E-state index in [1.54, 1.807) is 54.6 Å². The van der Waals surface area contributed by atoms with Crippen molar-refractivity contribution in [3.63, 3.8) is 0 Å². The van der Waals surface area contributed by atoms with Crippen molar-refractivity contribution >= 4 is 34.9 Å². The van der Waals surface area contributed by atoms with E-state index in [1.165, 1.54) is 18.2 Å². The van der Waals surface area contributed by atoms with Gasteiger partial charge >= 0.3 is 0 Å². The lowest BCUT2D eigenvalue weighted by Gasteiger charge is -2.13. The smallest absolute Gasteiger partial charge is 0.233 e. The zero-order chi connectivity index (χ0) is 20.9. The second-order valence-corrected chi connectivity index (χ2v) is 6.23. The van der Waals surface area contributed by atoms with Gasteiger partial charge < -0.3 is 31.3 Å². The fourth-order valence-corrected chi connectivity index (χ4v) is 2.64. The standard InChI is InChI=1S/C21H18N6O3/c28-16-10-4-1-7-13(16)22-19-25-20(23-14-8-2-5-11-17(14)29)27-21(26-19)24-15-9-3-6-12-18(15)30/h1-12,28-30H,(H3,22,23,24,25,26,27). The largest absolute Gasteiger partial charge is 0.506 e. The van der Waals surface area contributed by atoms with Crippen molar-refractivity contribution in [1.29, 1.82) is 0 Å². The van der Waals surface area contributed by atoms with Crippen LogP contribution in [0.5, 0.6) is 17.2 Å². The molecule has 0 unspecified atom stereocenters. The van der Waals surface area contributed by atoms with Gasteiger partial charge in [-0.25, -0.2) is 0 Å². The summed E-state index contributed by atoms with van der Waals surface area (Å²) < 4.78 is 0. The lowest BCUT2D eigenvalue weighted by molar-refractivity contribution is 0.477. The van der Waals surface area contributed by atoms with E-state index < -0.39 is 0 Å². The van der Waals surface area contributed by atoms with Crippen molar-refractivity contribution in [3.05, 3.63) is 72.8 Å². The summed E-state index contributed by atoms with van der Waals surface area (Å²) >= 11 is 0. The monoisotopic (exact) mass is 402 g/mol. The second-order valence-electron chi connectivity index (χ2n) is 6.23. The molecule has 6 N–H and O–H groups in total. The van der Waals surface area contributed by atoms with Gasteiger partial charge in [0.25, 0.3) is 0 Å². The summed E-state index contributed by atoms with van der Waals surface area (Å²) in [7, 11) is 0. The number of nitrogens with one attached hydrogen (secondary N) is 3. The fourth-order valence-electron chi connectivity index (χ4n) is 2.64. The number of phenolic OH excluding ortho intramolecular Hbond substituents is 3. The van der Waals surface area contributed by atoms with Crippen LogP contribution in [0.2, 0.25) is 0 Å². The van der Waals surface area contributed by atoms with Crippen LogP contribution >= 0.6 is 0 Å². The van der Waals surface area contributed by atoms with Gasteiger partial charge in [-0.2, -0.15) is 15.0 Å². The van der Waals surface area contributed by atoms with Crippen LogP contribution in [-0.2, 0) is 0 Å². The van der Waals surface area contributed by atoms with Crippen LogP contribution in [0.1, 0.15) is 0 Å². The molecule has 9 nitrogen and oxygen atoms in total. The number of nitrogens with zero attached hydrogens (tertiary/aromatic N) is 3. The lowest BCUT2D eigenvalue weighted by atomic mass is 10.3. The number of benzene rings is 3. The number of hydrogen-bond acceptors (Lipinski definition) is 9. The first-order valence-electron chi connectivity index (χ1n) is 8.99. The highest BCUT2D eigenvalue weighted by molar-refractivity contribution is 5.68. The highest BCUT2D eigenvalue weighted by Gasteiger charge is 2.12. The molecule has 0 radical (unpaired) electrons. The van der Waals surface area contributed by atoms with Crippen molar-refractivity contribution < 1.29 is 15.3 Å². The van der Waals surface area contributed by atoms with Crippen LogP contribution in [0.15, 0.2) is 72.8 Å². The molecule has 0 aliphatic heterocycles. The number of anilines is 6. The molecular formula is C21H18N6O3. The van der Waals surface area contributed by atoms with Crippen LogP contribution in [-0.4, -0.2) is 30.3 Å². The van der Waals surface area contributed by atoms with Gasteiger partial charge in [0, 0.05) is 0 Å². The molecule has 0 amide bonds. The molecule has 9 heteroatoms. The zero-order valence-corrected chi connectivity index (χ0v) is 15.6. The summed E-state index contributed by atoms with van der Waals surface area (Å²) in [5.74, 6) is 0.516. The minimum Gasteiger partial charge on any atom is -0.506 e. The number of hydrogen-bond donors (Lipinski definition) is 6. The summed E-state index contributed by atoms with van der Waals surface area (Å²) in [5.41, 5.74) is 1.22. The first-order chi connectivity index (χ1) is 14.6. The Labute approximate surface area is 171 Å². The van der Waals surface area contributed by atoms with Crippen molar-refractivity contribution in [2.24, 2.45) is 0 Å². The van der Waals surface area contributed by atoms with E-state index in [0.717, 1.165) is 0 Å². The van der Waals surface area contributed by atoms with E-state index in [2.05, 4.69) is 30.9 Å². The van der Waals surface area contributed by atoms with Crippen LogP contribution in [0, 0.1) is 0 Å². The summed E-state index contributed by atoms with van der Waals surface area (Å²) in [5, 5.41) is 38.9. The highest BCUT2D eigenvalue weighted by Crippen LogP contribution is 2.29. The molecule has 0 fully saturated rings. The Bertz CT molecular complexity index is 1030. The number of para-hydroxylation sites is 6. The quantitative estimate of drug-likeness (QED) is 0.262. The van der Waals surface area contributed by atoms with E-state index >= 15 is 0 Å². The molecule has 0 saturated heterocycles. The van der Waals surface area contributed by atoms with Gasteiger partial charge in [0.2, 0.25) is 17.8 Å². The SMILES string of the molecule is Oc1ccccc1Nc1nc(Nc2ccccc2O)nc(Nc2ccccc2O)n1. The summed E-state index contributed by atoms with van der Waals surface area (Å²) in [4.78, 5) is 12.9. The molecular weight excluding hydrogens is 384 g/mol. The zero-order valence-electron chi connectivity index (χ0n) is 15.6. The Hall–Kier alpha value is -4.53. The van der Waals surface area contributed by atoms with E-state index in [-0.39, 0.29) is 35.1 Å². The van der Waals surface area contributed by atoms with E-state index in [9.17, 15) is 15.3 Å². The molecule has 0 spiro atoms. The van der Waals surface area contributed by atoms with Crippen LogP contribution in [0.4, 0.5) is 34.9 Å². The van der Waals surface area contributed by atoms with Gasteiger partial charge in [0.05, 0.1) is 17.1 Å². The minimum absolute atomic E-state index is 0.0309. The van der Waals surface area contributed by atoms with Crippen molar-refractivity contribution in [1.82, 2.24) is 15.0 Å². The maximum Gasteiger partial charge on any atom is 0.233 e. The predicted molar refractivity (Wildman–Crippen MR) is 114 cm³/mol. The van der Waals surface area contributed by atoms with Crippen molar-refractivity contribution in [3.8, 4) is 17.2 Å². The van der Waals surface area contributed by atoms with Gasteiger partial charge in [-0.1, -0.05) is 36.4 Å². The van der Waals surface area contributed by atoms with E-state index in [4.69, 9.17) is 0 Å². The molecule has 0 saturated carbocycles. The summed E-state index contributed by atoms with van der Waals surface area (Å²) in [6.45, 7) is 0. The first kappa shape index (κ1) is 18.8. The van der Waals surface area contributed by atoms with E-state index in [0.29, 0.717) is 17.1 Å². The minimum atomic E-state index is 0.0309. The van der Waals surface area contributed by atoms with Gasteiger partial charge in [-0.3, -0.25) is 0 Å². The Balaban J connectivity index is 1.70. The molecule has 150 valence electrons. The Kier molecular flexibility index (Phi) is 5.16. The Morgan fingerprint density at radius 1 is 0.433 bits per heavy atom. The number of phenols is 3. The Morgan fingerprint density at radius 3 is 0.967 bits per heavy atom. The van der Waals surface area contributed by atoms with Crippen LogP contribution in [0.3, 0.4) is 0 Å². The molecule has 0 bridgehead atoms. The molecule has 1 aromatic heterocycles. The average Bonchev–Trinajstić information content (AvgIpc) is 2.73. The molecule has 0 aliphatic carbocycles. The van der Waals surface area contributed by atoms with Crippen LogP contribution in [0.25, 0.3) is 0 Å². The average molecular weight is 402 g/mol. The molecule has 4 aromatic rings. The van der Waals surface area contributed by atoms with Crippen LogP contribution < -0.4 is 16.0 Å². The normalized spacial score (nSPS) is 10.4. The fraction of sp³-hybridized carbons (Fsp3) is 0. The maximum atomic E-state index is 10.0. The maximum absolute atomic E-state index is 10.0. The molecule has 3 aromatic carbocycles. The van der Waals surface area contributed by atoms with E-state index in [1.807, 2.05) is 0 Å². The second kappa shape index (κ2) is 8.23. The first-order valence-corrected chi connectivity index (χ1v) is 8.99. The Morgan fingerprint density at radius 2 is 0.700 bits per heavy atom. The molecule has 4 rings (SSSR count). The number of aromatic hydroxyl groups is 3. The topological polar surface area (TPSA) is 135 Å². The third-order valence-corrected chi connectivity index (χ3v) is 4.09. The third kappa shape index (κ3) is 4.30. The highest BCUT2D eigenvalue weighted by atomic mass is 16.3.